The van der Waals surface area contributed by atoms with E-state index in [1.807, 2.05) is 42.1 Å². The van der Waals surface area contributed by atoms with Crippen LogP contribution in [-0.2, 0) is 16.1 Å². The number of carbonyl (C=O) groups excluding carboxylic acids is 2. The number of rotatable bonds is 5. The number of hydrogen-bond donors (Lipinski definition) is 1. The van der Waals surface area contributed by atoms with Gasteiger partial charge in [0.25, 0.3) is 0 Å². The van der Waals surface area contributed by atoms with E-state index in [1.165, 1.54) is 0 Å². The first-order chi connectivity index (χ1) is 14.0. The number of hydrogen-bond acceptors (Lipinski definition) is 4. The van der Waals surface area contributed by atoms with Crippen LogP contribution in [0.4, 0.5) is 0 Å². The highest BCUT2D eigenvalue weighted by Gasteiger charge is 2.43. The predicted octanol–water partition coefficient (Wildman–Crippen LogP) is 2.68. The minimum atomic E-state index is -0.413. The first kappa shape index (κ1) is 19.5. The maximum Gasteiger partial charge on any atom is 0.222 e. The SMILES string of the molecule is CN1CC[C@@]2(CCC1=O)C[C@H](NC(=O)CCCn1ccnc1)c1ccccc1O2. The Labute approximate surface area is 171 Å². The molecule has 1 aromatic carbocycles. The highest BCUT2D eigenvalue weighted by atomic mass is 16.5. The molecule has 2 aromatic rings. The molecule has 1 spiro atoms. The molecule has 7 heteroatoms. The van der Waals surface area contributed by atoms with E-state index in [1.54, 1.807) is 17.4 Å². The van der Waals surface area contributed by atoms with Crippen LogP contribution in [0.15, 0.2) is 43.0 Å². The lowest BCUT2D eigenvalue weighted by Gasteiger charge is -2.42. The standard InChI is InChI=1S/C22H28N4O3/c1-25-13-10-22(9-8-21(25)28)15-18(17-5-2-3-6-19(17)29-22)24-20(27)7-4-12-26-14-11-23-16-26/h2-3,5-6,11,14,16,18H,4,7-10,12-13,15H2,1H3,(H,24,27)/t18-,22-/m0/s1. The maximum atomic E-state index is 12.7. The number of nitrogens with one attached hydrogen (secondary N) is 1. The van der Waals surface area contributed by atoms with Crippen molar-refractivity contribution in [2.24, 2.45) is 0 Å². The molecule has 0 radical (unpaired) electrons. The fourth-order valence-electron chi connectivity index (χ4n) is 4.31. The summed E-state index contributed by atoms with van der Waals surface area (Å²) in [7, 11) is 1.84. The second-order valence-electron chi connectivity index (χ2n) is 8.12. The minimum absolute atomic E-state index is 0.0452. The summed E-state index contributed by atoms with van der Waals surface area (Å²) in [5, 5.41) is 3.23. The Morgan fingerprint density at radius 1 is 1.34 bits per heavy atom. The van der Waals surface area contributed by atoms with Crippen molar-refractivity contribution in [1.29, 1.82) is 0 Å². The van der Waals surface area contributed by atoms with Crippen LogP contribution >= 0.6 is 0 Å². The van der Waals surface area contributed by atoms with Gasteiger partial charge in [-0.1, -0.05) is 18.2 Å². The highest BCUT2D eigenvalue weighted by molar-refractivity contribution is 5.77. The van der Waals surface area contributed by atoms with Gasteiger partial charge in [-0.3, -0.25) is 9.59 Å². The van der Waals surface area contributed by atoms with Gasteiger partial charge in [0.1, 0.15) is 11.4 Å². The molecule has 1 aromatic heterocycles. The molecule has 2 atom stereocenters. The number of aryl methyl sites for hydroxylation is 1. The van der Waals surface area contributed by atoms with E-state index in [4.69, 9.17) is 4.74 Å². The van der Waals surface area contributed by atoms with Gasteiger partial charge in [-0.25, -0.2) is 4.98 Å². The lowest BCUT2D eigenvalue weighted by Crippen LogP contribution is -2.45. The predicted molar refractivity (Wildman–Crippen MR) is 108 cm³/mol. The molecule has 1 fully saturated rings. The van der Waals surface area contributed by atoms with Crippen LogP contribution < -0.4 is 10.1 Å². The Morgan fingerprint density at radius 2 is 2.21 bits per heavy atom. The lowest BCUT2D eigenvalue weighted by molar-refractivity contribution is -0.129. The molecular weight excluding hydrogens is 368 g/mol. The van der Waals surface area contributed by atoms with Gasteiger partial charge in [-0.2, -0.15) is 0 Å². The summed E-state index contributed by atoms with van der Waals surface area (Å²) in [6.45, 7) is 1.45. The second-order valence-corrected chi connectivity index (χ2v) is 8.12. The van der Waals surface area contributed by atoms with E-state index in [0.29, 0.717) is 32.2 Å². The van der Waals surface area contributed by atoms with Crippen LogP contribution in [0.3, 0.4) is 0 Å². The van der Waals surface area contributed by atoms with E-state index >= 15 is 0 Å². The third-order valence-electron chi connectivity index (χ3n) is 6.03. The van der Waals surface area contributed by atoms with Crippen molar-refractivity contribution < 1.29 is 14.3 Å². The molecule has 7 nitrogen and oxygen atoms in total. The molecule has 4 rings (SSSR count). The molecule has 0 aliphatic carbocycles. The number of likely N-dealkylation sites (tertiary alicyclic amines) is 1. The lowest BCUT2D eigenvalue weighted by atomic mass is 9.82. The zero-order valence-electron chi connectivity index (χ0n) is 16.8. The summed E-state index contributed by atoms with van der Waals surface area (Å²) < 4.78 is 8.42. The van der Waals surface area contributed by atoms with Crippen molar-refractivity contribution in [3.63, 3.8) is 0 Å². The fraction of sp³-hybridized carbons (Fsp3) is 0.500. The average molecular weight is 396 g/mol. The molecule has 0 bridgehead atoms. The Kier molecular flexibility index (Phi) is 5.56. The van der Waals surface area contributed by atoms with Gasteiger partial charge in [-0.05, 0) is 18.9 Å². The van der Waals surface area contributed by atoms with E-state index in [-0.39, 0.29) is 17.9 Å². The van der Waals surface area contributed by atoms with Crippen LogP contribution in [0.1, 0.15) is 50.1 Å². The largest absolute Gasteiger partial charge is 0.487 e. The van der Waals surface area contributed by atoms with Crippen molar-refractivity contribution in [2.75, 3.05) is 13.6 Å². The fourth-order valence-corrected chi connectivity index (χ4v) is 4.31. The Hall–Kier alpha value is -2.83. The number of para-hydroxylation sites is 1. The number of benzene rings is 1. The molecule has 154 valence electrons. The van der Waals surface area contributed by atoms with Crippen LogP contribution in [-0.4, -0.2) is 45.5 Å². The van der Waals surface area contributed by atoms with Crippen molar-refractivity contribution in [1.82, 2.24) is 19.8 Å². The normalized spacial score (nSPS) is 24.0. The first-order valence-corrected chi connectivity index (χ1v) is 10.3. The van der Waals surface area contributed by atoms with Gasteiger partial charge in [0.15, 0.2) is 0 Å². The third kappa shape index (κ3) is 4.44. The van der Waals surface area contributed by atoms with Crippen molar-refractivity contribution >= 4 is 11.8 Å². The third-order valence-corrected chi connectivity index (χ3v) is 6.03. The van der Waals surface area contributed by atoms with E-state index < -0.39 is 5.60 Å². The minimum Gasteiger partial charge on any atom is -0.487 e. The Morgan fingerprint density at radius 3 is 3.03 bits per heavy atom. The van der Waals surface area contributed by atoms with Crippen LogP contribution in [0.25, 0.3) is 0 Å². The summed E-state index contributed by atoms with van der Waals surface area (Å²) in [5.74, 6) is 1.02. The van der Waals surface area contributed by atoms with Gasteiger partial charge >= 0.3 is 0 Å². The zero-order valence-corrected chi connectivity index (χ0v) is 16.8. The zero-order chi connectivity index (χ0) is 20.3. The molecule has 2 aliphatic heterocycles. The molecular formula is C22H28N4O3. The Bertz CT molecular complexity index is 867. The topological polar surface area (TPSA) is 76.5 Å². The monoisotopic (exact) mass is 396 g/mol. The molecule has 29 heavy (non-hydrogen) atoms. The summed E-state index contributed by atoms with van der Waals surface area (Å²) in [6, 6.07) is 7.81. The number of nitrogens with zero attached hydrogens (tertiary/aromatic N) is 3. The molecule has 2 aliphatic rings. The van der Waals surface area contributed by atoms with Gasteiger partial charge in [0.2, 0.25) is 11.8 Å². The van der Waals surface area contributed by atoms with Crippen LogP contribution in [0, 0.1) is 0 Å². The summed E-state index contributed by atoms with van der Waals surface area (Å²) in [6.07, 6.45) is 9.26. The van der Waals surface area contributed by atoms with Gasteiger partial charge in [-0.15, -0.1) is 0 Å². The number of amides is 2. The Balaban J connectivity index is 1.45. The summed E-state index contributed by atoms with van der Waals surface area (Å²) in [4.78, 5) is 30.6. The van der Waals surface area contributed by atoms with Gasteiger partial charge < -0.3 is 19.5 Å². The van der Waals surface area contributed by atoms with Crippen molar-refractivity contribution in [3.8, 4) is 5.75 Å². The second kappa shape index (κ2) is 8.27. The van der Waals surface area contributed by atoms with Crippen LogP contribution in [0.5, 0.6) is 5.75 Å². The number of imidazole rings is 1. The average Bonchev–Trinajstić information content (AvgIpc) is 3.19. The molecule has 1 saturated heterocycles. The van der Waals surface area contributed by atoms with E-state index in [2.05, 4.69) is 10.3 Å². The molecule has 0 saturated carbocycles. The van der Waals surface area contributed by atoms with E-state index in [9.17, 15) is 9.59 Å². The maximum absolute atomic E-state index is 12.7. The van der Waals surface area contributed by atoms with Gasteiger partial charge in [0, 0.05) is 63.8 Å². The number of ether oxygens (including phenoxy) is 1. The molecule has 0 unspecified atom stereocenters. The molecule has 3 heterocycles. The number of carbonyl (C=O) groups is 2. The van der Waals surface area contributed by atoms with E-state index in [0.717, 1.165) is 30.7 Å². The first-order valence-electron chi connectivity index (χ1n) is 10.3. The van der Waals surface area contributed by atoms with Crippen LogP contribution in [0.2, 0.25) is 0 Å². The highest BCUT2D eigenvalue weighted by Crippen LogP contribution is 2.44. The van der Waals surface area contributed by atoms with Gasteiger partial charge in [0.05, 0.1) is 12.4 Å². The van der Waals surface area contributed by atoms with Crippen molar-refractivity contribution in [3.05, 3.63) is 48.5 Å². The molecule has 1 N–H and O–H groups in total. The number of fused-ring (bicyclic) bond motifs is 1. The quantitative estimate of drug-likeness (QED) is 0.843. The van der Waals surface area contributed by atoms with Crippen molar-refractivity contribution in [2.45, 2.75) is 56.7 Å². The number of aromatic nitrogens is 2. The summed E-state index contributed by atoms with van der Waals surface area (Å²) in [5.41, 5.74) is 0.605. The molecule has 2 amide bonds. The summed E-state index contributed by atoms with van der Waals surface area (Å²) >= 11 is 0. The smallest absolute Gasteiger partial charge is 0.222 e.